The SMILES string of the molecule is C#CCOc1ccc(C=Nc2ccc(C)cc2)cc1Br. The van der Waals surface area contributed by atoms with Crippen molar-refractivity contribution in [2.45, 2.75) is 6.92 Å². The topological polar surface area (TPSA) is 21.6 Å². The van der Waals surface area contributed by atoms with E-state index in [1.165, 1.54) is 5.56 Å². The molecule has 0 aromatic heterocycles. The molecule has 0 aliphatic carbocycles. The van der Waals surface area contributed by atoms with Crippen LogP contribution in [0.4, 0.5) is 5.69 Å². The van der Waals surface area contributed by atoms with Gasteiger partial charge in [0.25, 0.3) is 0 Å². The van der Waals surface area contributed by atoms with Gasteiger partial charge in [0.05, 0.1) is 10.2 Å². The van der Waals surface area contributed by atoms with Crippen LogP contribution in [-0.4, -0.2) is 12.8 Å². The number of aryl methyl sites for hydroxylation is 1. The molecule has 2 rings (SSSR count). The Morgan fingerprint density at radius 2 is 2.00 bits per heavy atom. The zero-order valence-electron chi connectivity index (χ0n) is 11.1. The van der Waals surface area contributed by atoms with Crippen molar-refractivity contribution in [1.82, 2.24) is 0 Å². The summed E-state index contributed by atoms with van der Waals surface area (Å²) in [5.41, 5.74) is 3.14. The van der Waals surface area contributed by atoms with Crippen molar-refractivity contribution in [3.05, 3.63) is 58.1 Å². The van der Waals surface area contributed by atoms with Crippen LogP contribution in [0.2, 0.25) is 0 Å². The summed E-state index contributed by atoms with van der Waals surface area (Å²) in [5, 5.41) is 0. The Morgan fingerprint density at radius 3 is 2.65 bits per heavy atom. The summed E-state index contributed by atoms with van der Waals surface area (Å²) < 4.78 is 6.25. The number of nitrogens with zero attached hydrogens (tertiary/aromatic N) is 1. The van der Waals surface area contributed by atoms with E-state index < -0.39 is 0 Å². The van der Waals surface area contributed by atoms with Crippen LogP contribution in [-0.2, 0) is 0 Å². The van der Waals surface area contributed by atoms with Crippen LogP contribution in [0.1, 0.15) is 11.1 Å². The minimum absolute atomic E-state index is 0.259. The summed E-state index contributed by atoms with van der Waals surface area (Å²) in [4.78, 5) is 4.43. The van der Waals surface area contributed by atoms with Crippen molar-refractivity contribution in [1.29, 1.82) is 0 Å². The molecule has 0 bridgehead atoms. The van der Waals surface area contributed by atoms with E-state index in [9.17, 15) is 0 Å². The molecule has 0 spiro atoms. The molecule has 20 heavy (non-hydrogen) atoms. The number of aliphatic imine (C=N–C) groups is 1. The fourth-order valence-electron chi connectivity index (χ4n) is 1.61. The second-order valence-corrected chi connectivity index (χ2v) is 5.13. The monoisotopic (exact) mass is 327 g/mol. The van der Waals surface area contributed by atoms with Crippen LogP contribution < -0.4 is 4.74 Å². The maximum atomic E-state index is 5.39. The van der Waals surface area contributed by atoms with Crippen LogP contribution in [0, 0.1) is 19.3 Å². The van der Waals surface area contributed by atoms with Crippen molar-refractivity contribution in [2.24, 2.45) is 4.99 Å². The van der Waals surface area contributed by atoms with Crippen molar-refractivity contribution in [2.75, 3.05) is 6.61 Å². The van der Waals surface area contributed by atoms with Crippen LogP contribution >= 0.6 is 15.9 Å². The lowest BCUT2D eigenvalue weighted by molar-refractivity contribution is 0.368. The van der Waals surface area contributed by atoms with E-state index in [1.54, 1.807) is 0 Å². The lowest BCUT2D eigenvalue weighted by atomic mass is 10.2. The molecule has 0 saturated heterocycles. The van der Waals surface area contributed by atoms with Crippen molar-refractivity contribution in [3.63, 3.8) is 0 Å². The number of terminal acetylenes is 1. The van der Waals surface area contributed by atoms with Gasteiger partial charge in [-0.2, -0.15) is 0 Å². The molecule has 0 saturated carbocycles. The summed E-state index contributed by atoms with van der Waals surface area (Å²) in [6, 6.07) is 13.8. The van der Waals surface area contributed by atoms with Crippen LogP contribution in [0.3, 0.4) is 0 Å². The summed E-state index contributed by atoms with van der Waals surface area (Å²) in [7, 11) is 0. The third kappa shape index (κ3) is 3.97. The standard InChI is InChI=1S/C17H14BrNO/c1-3-10-20-17-9-6-14(11-16(17)18)12-19-15-7-4-13(2)5-8-15/h1,4-9,11-12H,10H2,2H3. The first-order chi connectivity index (χ1) is 9.69. The van der Waals surface area contributed by atoms with E-state index in [-0.39, 0.29) is 6.61 Å². The number of hydrogen-bond acceptors (Lipinski definition) is 2. The minimum Gasteiger partial charge on any atom is -0.480 e. The largest absolute Gasteiger partial charge is 0.480 e. The van der Waals surface area contributed by atoms with Gasteiger partial charge in [0.2, 0.25) is 0 Å². The Balaban J connectivity index is 2.12. The average molecular weight is 328 g/mol. The number of halogens is 1. The summed E-state index contributed by atoms with van der Waals surface area (Å²) in [6.07, 6.45) is 6.99. The van der Waals surface area contributed by atoms with Gasteiger partial charge in [0, 0.05) is 6.21 Å². The predicted molar refractivity (Wildman–Crippen MR) is 86.9 cm³/mol. The molecule has 0 amide bonds. The van der Waals surface area contributed by atoms with E-state index in [4.69, 9.17) is 11.2 Å². The van der Waals surface area contributed by atoms with Gasteiger partial charge in [0.15, 0.2) is 0 Å². The Morgan fingerprint density at radius 1 is 1.25 bits per heavy atom. The van der Waals surface area contributed by atoms with Crippen LogP contribution in [0.15, 0.2) is 51.9 Å². The molecule has 0 heterocycles. The second-order valence-electron chi connectivity index (χ2n) is 4.28. The second kappa shape index (κ2) is 6.93. The number of benzene rings is 2. The van der Waals surface area contributed by atoms with E-state index in [1.807, 2.05) is 48.7 Å². The van der Waals surface area contributed by atoms with Crippen LogP contribution in [0.25, 0.3) is 0 Å². The Kier molecular flexibility index (Phi) is 4.97. The Labute approximate surface area is 127 Å². The molecule has 2 aromatic rings. The van der Waals surface area contributed by atoms with Gasteiger partial charge in [0.1, 0.15) is 12.4 Å². The third-order valence-electron chi connectivity index (χ3n) is 2.66. The molecule has 0 N–H and O–H groups in total. The highest BCUT2D eigenvalue weighted by molar-refractivity contribution is 9.10. The van der Waals surface area contributed by atoms with Gasteiger partial charge >= 0.3 is 0 Å². The molecule has 0 fully saturated rings. The molecule has 0 aliphatic heterocycles. The Hall–Kier alpha value is -2.05. The minimum atomic E-state index is 0.259. The van der Waals surface area contributed by atoms with Gasteiger partial charge in [-0.05, 0) is 58.7 Å². The number of hydrogen-bond donors (Lipinski definition) is 0. The first kappa shape index (κ1) is 14.4. The molecular weight excluding hydrogens is 314 g/mol. The highest BCUT2D eigenvalue weighted by atomic mass is 79.9. The first-order valence-electron chi connectivity index (χ1n) is 6.15. The zero-order chi connectivity index (χ0) is 14.4. The van der Waals surface area contributed by atoms with Gasteiger partial charge in [-0.3, -0.25) is 4.99 Å². The van der Waals surface area contributed by atoms with E-state index >= 15 is 0 Å². The molecule has 0 aliphatic rings. The molecule has 0 radical (unpaired) electrons. The molecule has 2 nitrogen and oxygen atoms in total. The molecular formula is C17H14BrNO. The molecule has 3 heteroatoms. The maximum Gasteiger partial charge on any atom is 0.148 e. The smallest absolute Gasteiger partial charge is 0.148 e. The fourth-order valence-corrected chi connectivity index (χ4v) is 2.12. The predicted octanol–water partition coefficient (Wildman–Crippen LogP) is 4.52. The first-order valence-corrected chi connectivity index (χ1v) is 6.95. The quantitative estimate of drug-likeness (QED) is 0.597. The summed E-state index contributed by atoms with van der Waals surface area (Å²) in [5.74, 6) is 3.17. The number of rotatable bonds is 4. The van der Waals surface area contributed by atoms with E-state index in [0.29, 0.717) is 0 Å². The van der Waals surface area contributed by atoms with E-state index in [0.717, 1.165) is 21.5 Å². The summed E-state index contributed by atoms with van der Waals surface area (Å²) >= 11 is 3.46. The highest BCUT2D eigenvalue weighted by Crippen LogP contribution is 2.25. The maximum absolute atomic E-state index is 5.39. The highest BCUT2D eigenvalue weighted by Gasteiger charge is 2.01. The fraction of sp³-hybridized carbons (Fsp3) is 0.118. The van der Waals surface area contributed by atoms with Crippen molar-refractivity contribution < 1.29 is 4.74 Å². The summed E-state index contributed by atoms with van der Waals surface area (Å²) in [6.45, 7) is 2.31. The molecule has 2 aromatic carbocycles. The Bertz CT molecular complexity index is 654. The normalized spacial score (nSPS) is 10.4. The van der Waals surface area contributed by atoms with Crippen molar-refractivity contribution in [3.8, 4) is 18.1 Å². The number of ether oxygens (including phenoxy) is 1. The lowest BCUT2D eigenvalue weighted by Gasteiger charge is -2.05. The third-order valence-corrected chi connectivity index (χ3v) is 3.28. The lowest BCUT2D eigenvalue weighted by Crippen LogP contribution is -1.94. The van der Waals surface area contributed by atoms with Crippen LogP contribution in [0.5, 0.6) is 5.75 Å². The van der Waals surface area contributed by atoms with Gasteiger partial charge in [-0.1, -0.05) is 23.6 Å². The van der Waals surface area contributed by atoms with Gasteiger partial charge in [-0.15, -0.1) is 6.42 Å². The van der Waals surface area contributed by atoms with Gasteiger partial charge < -0.3 is 4.74 Å². The zero-order valence-corrected chi connectivity index (χ0v) is 12.7. The molecule has 0 atom stereocenters. The molecule has 100 valence electrons. The van der Waals surface area contributed by atoms with Gasteiger partial charge in [-0.25, -0.2) is 0 Å². The van der Waals surface area contributed by atoms with E-state index in [2.05, 4.69) is 33.8 Å². The average Bonchev–Trinajstić information content (AvgIpc) is 2.46. The molecule has 0 unspecified atom stereocenters. The van der Waals surface area contributed by atoms with Crippen molar-refractivity contribution >= 4 is 27.8 Å².